The van der Waals surface area contributed by atoms with Gasteiger partial charge < -0.3 is 19.7 Å². The van der Waals surface area contributed by atoms with Crippen molar-refractivity contribution in [2.45, 2.75) is 52.2 Å². The highest BCUT2D eigenvalue weighted by molar-refractivity contribution is 9.09. The van der Waals surface area contributed by atoms with E-state index in [1.807, 2.05) is 20.8 Å². The summed E-state index contributed by atoms with van der Waals surface area (Å²) in [4.78, 5) is 25.3. The molecule has 1 aromatic carbocycles. The molecule has 0 radical (unpaired) electrons. The molecular weight excluding hydrogens is 442 g/mol. The van der Waals surface area contributed by atoms with Crippen LogP contribution in [-0.4, -0.2) is 55.5 Å². The Bertz CT molecular complexity index is 634. The fourth-order valence-electron chi connectivity index (χ4n) is 2.93. The predicted octanol–water partition coefficient (Wildman–Crippen LogP) is 3.21. The molecule has 0 spiro atoms. The maximum absolute atomic E-state index is 12.3. The summed E-state index contributed by atoms with van der Waals surface area (Å²) in [6.07, 6.45) is 1.65. The third kappa shape index (κ3) is 9.44. The Hall–Kier alpha value is -1.05. The number of rotatable bonds is 12. The van der Waals surface area contributed by atoms with Crippen molar-refractivity contribution >= 4 is 52.8 Å². The number of halogens is 2. The van der Waals surface area contributed by atoms with Crippen molar-refractivity contribution < 1.29 is 14.3 Å². The largest absolute Gasteiger partial charge is 0.460 e. The van der Waals surface area contributed by atoms with Gasteiger partial charge in [-0.3, -0.25) is 4.79 Å². The number of esters is 1. The Morgan fingerprint density at radius 1 is 1.39 bits per heavy atom. The van der Waals surface area contributed by atoms with Gasteiger partial charge in [0.1, 0.15) is 5.60 Å². The highest BCUT2D eigenvalue weighted by Crippen LogP contribution is 2.22. The fraction of sp³-hybridized carbons (Fsp3) is 0.600. The van der Waals surface area contributed by atoms with Crippen molar-refractivity contribution in [3.8, 4) is 0 Å². The average Bonchev–Trinajstić information content (AvgIpc) is 2.59. The van der Waals surface area contributed by atoms with Gasteiger partial charge in [0.05, 0.1) is 12.6 Å². The summed E-state index contributed by atoms with van der Waals surface area (Å²) >= 11 is 9.44. The van der Waals surface area contributed by atoms with Crippen molar-refractivity contribution in [3.63, 3.8) is 0 Å². The first-order chi connectivity index (χ1) is 13.2. The minimum absolute atomic E-state index is 0.174. The standard InChI is InChI=1S/C20H31BBrClN2O3/c1-15-5-6-18(25(9-7-22)10-8-23)12-16(15)11-17(24-21-14-26)13-19(27)28-20(2,3)4/h5-6,12,14,17,21,24H,7-11,13H2,1-4H3/t17-/m0/s1. The van der Waals surface area contributed by atoms with Crippen LogP contribution in [0.4, 0.5) is 5.69 Å². The lowest BCUT2D eigenvalue weighted by Crippen LogP contribution is -2.38. The van der Waals surface area contributed by atoms with E-state index in [-0.39, 0.29) is 25.8 Å². The molecule has 1 atom stereocenters. The number of nitrogens with zero attached hydrogens (tertiary/aromatic N) is 1. The van der Waals surface area contributed by atoms with Crippen LogP contribution in [0, 0.1) is 6.92 Å². The molecule has 1 aromatic rings. The number of anilines is 1. The lowest BCUT2D eigenvalue weighted by Gasteiger charge is -2.26. The van der Waals surface area contributed by atoms with Gasteiger partial charge in [0.15, 0.2) is 0 Å². The highest BCUT2D eigenvalue weighted by Gasteiger charge is 2.21. The molecule has 156 valence electrons. The lowest BCUT2D eigenvalue weighted by atomic mass is 9.91. The number of alkyl halides is 2. The third-order valence-corrected chi connectivity index (χ3v) is 4.72. The van der Waals surface area contributed by atoms with Gasteiger partial charge in [-0.25, -0.2) is 0 Å². The Labute approximate surface area is 182 Å². The highest BCUT2D eigenvalue weighted by atomic mass is 79.9. The molecule has 8 heteroatoms. The van der Waals surface area contributed by atoms with Gasteiger partial charge in [0, 0.05) is 36.0 Å². The van der Waals surface area contributed by atoms with E-state index in [0.717, 1.165) is 41.4 Å². The zero-order chi connectivity index (χ0) is 21.2. The number of carbonyl (C=O) groups excluding carboxylic acids is 2. The van der Waals surface area contributed by atoms with Gasteiger partial charge in [0.25, 0.3) is 7.41 Å². The molecule has 0 aliphatic carbocycles. The molecule has 0 heterocycles. The number of aryl methyl sites for hydroxylation is 1. The Morgan fingerprint density at radius 2 is 2.11 bits per heavy atom. The topological polar surface area (TPSA) is 58.6 Å². The van der Waals surface area contributed by atoms with Gasteiger partial charge in [-0.2, -0.15) is 0 Å². The molecule has 1 N–H and O–H groups in total. The Kier molecular flexibility index (Phi) is 11.2. The minimum Gasteiger partial charge on any atom is -0.460 e. The number of ether oxygens (including phenoxy) is 1. The second-order valence-electron chi connectivity index (χ2n) is 7.74. The maximum atomic E-state index is 12.3. The normalized spacial score (nSPS) is 12.4. The van der Waals surface area contributed by atoms with E-state index in [1.165, 1.54) is 0 Å². The second-order valence-corrected chi connectivity index (χ2v) is 8.91. The van der Waals surface area contributed by atoms with Crippen LogP contribution in [0.3, 0.4) is 0 Å². The zero-order valence-electron chi connectivity index (χ0n) is 17.3. The van der Waals surface area contributed by atoms with Gasteiger partial charge in [-0.15, -0.1) is 11.6 Å². The number of benzene rings is 1. The minimum atomic E-state index is -0.528. The summed E-state index contributed by atoms with van der Waals surface area (Å²) in [7, 11) is 0.203. The molecular formula is C20H31BBrClN2O3. The first-order valence-electron chi connectivity index (χ1n) is 9.55. The Morgan fingerprint density at radius 3 is 2.68 bits per heavy atom. The average molecular weight is 474 g/mol. The van der Waals surface area contributed by atoms with Crippen molar-refractivity contribution in [1.82, 2.24) is 5.23 Å². The van der Waals surface area contributed by atoms with Crippen LogP contribution < -0.4 is 10.1 Å². The van der Waals surface area contributed by atoms with Crippen LogP contribution in [-0.2, 0) is 20.7 Å². The fourth-order valence-corrected chi connectivity index (χ4v) is 3.56. The van der Waals surface area contributed by atoms with Crippen LogP contribution in [0.2, 0.25) is 0 Å². The second kappa shape index (κ2) is 12.5. The van der Waals surface area contributed by atoms with Crippen LogP contribution >= 0.6 is 27.5 Å². The first kappa shape index (κ1) is 25.0. The SMILES string of the molecule is Cc1ccc(N(CCCl)CCBr)cc1C[C@@H](CC(=O)OC(C)(C)C)NBC=O. The molecule has 1 rings (SSSR count). The summed E-state index contributed by atoms with van der Waals surface area (Å²) < 4.78 is 5.45. The third-order valence-electron chi connectivity index (χ3n) is 4.20. The zero-order valence-corrected chi connectivity index (χ0v) is 19.6. The number of hydrogen-bond acceptors (Lipinski definition) is 5. The summed E-state index contributed by atoms with van der Waals surface area (Å²) in [5, 5.41) is 4.01. The van der Waals surface area contributed by atoms with E-state index in [0.29, 0.717) is 12.3 Å². The van der Waals surface area contributed by atoms with Gasteiger partial charge in [0.2, 0.25) is 0 Å². The molecule has 0 saturated carbocycles. The van der Waals surface area contributed by atoms with E-state index in [4.69, 9.17) is 16.3 Å². The van der Waals surface area contributed by atoms with Crippen molar-refractivity contribution in [3.05, 3.63) is 29.3 Å². The van der Waals surface area contributed by atoms with Gasteiger partial charge >= 0.3 is 5.97 Å². The first-order valence-corrected chi connectivity index (χ1v) is 11.2. The van der Waals surface area contributed by atoms with Gasteiger partial charge in [-0.05, 0) is 57.4 Å². The molecule has 0 unspecified atom stereocenters. The lowest BCUT2D eigenvalue weighted by molar-refractivity contribution is -0.155. The molecule has 5 nitrogen and oxygen atoms in total. The smallest absolute Gasteiger partial charge is 0.307 e. The van der Waals surface area contributed by atoms with E-state index in [1.54, 1.807) is 0 Å². The Balaban J connectivity index is 2.98. The quantitative estimate of drug-likeness (QED) is 0.219. The van der Waals surface area contributed by atoms with Crippen molar-refractivity contribution in [2.24, 2.45) is 0 Å². The molecule has 0 saturated heterocycles. The summed E-state index contributed by atoms with van der Waals surface area (Å²) in [6, 6.07) is 6.15. The molecule has 0 aromatic heterocycles. The van der Waals surface area contributed by atoms with Gasteiger partial charge in [-0.1, -0.05) is 22.0 Å². The monoisotopic (exact) mass is 472 g/mol. The summed E-state index contributed by atoms with van der Waals surface area (Å²) in [6.45, 7) is 9.23. The van der Waals surface area contributed by atoms with Crippen LogP contribution in [0.25, 0.3) is 0 Å². The summed E-state index contributed by atoms with van der Waals surface area (Å²) in [5.74, 6) is 0.283. The number of nitrogens with one attached hydrogen (secondary N) is 1. The van der Waals surface area contributed by atoms with Crippen molar-refractivity contribution in [2.75, 3.05) is 29.2 Å². The molecule has 28 heavy (non-hydrogen) atoms. The van der Waals surface area contributed by atoms with E-state index >= 15 is 0 Å². The molecule has 0 aliphatic rings. The molecule has 0 fully saturated rings. The van der Waals surface area contributed by atoms with E-state index < -0.39 is 5.60 Å². The predicted molar refractivity (Wildman–Crippen MR) is 123 cm³/mol. The summed E-state index contributed by atoms with van der Waals surface area (Å²) in [5.41, 5.74) is 2.86. The maximum Gasteiger partial charge on any atom is 0.307 e. The number of hydrogen-bond donors (Lipinski definition) is 1. The molecule has 0 aliphatic heterocycles. The van der Waals surface area contributed by atoms with Crippen LogP contribution in [0.1, 0.15) is 38.3 Å². The van der Waals surface area contributed by atoms with Crippen LogP contribution in [0.5, 0.6) is 0 Å². The van der Waals surface area contributed by atoms with Crippen molar-refractivity contribution in [1.29, 1.82) is 0 Å². The van der Waals surface area contributed by atoms with E-state index in [9.17, 15) is 9.59 Å². The van der Waals surface area contributed by atoms with E-state index in [2.05, 4.69) is 51.2 Å². The molecule has 0 bridgehead atoms. The number of carbonyl (C=O) groups is 2. The van der Waals surface area contributed by atoms with Crippen LogP contribution in [0.15, 0.2) is 18.2 Å². The molecule has 0 amide bonds.